The van der Waals surface area contributed by atoms with Crippen LogP contribution in [0.3, 0.4) is 0 Å². The molecule has 0 bridgehead atoms. The Morgan fingerprint density at radius 2 is 1.70 bits per heavy atom. The van der Waals surface area contributed by atoms with Gasteiger partial charge in [-0.15, -0.1) is 0 Å². The summed E-state index contributed by atoms with van der Waals surface area (Å²) in [6.45, 7) is 1.84. The topological polar surface area (TPSA) is 49.4 Å². The lowest BCUT2D eigenvalue weighted by Gasteiger charge is -2.17. The first-order valence-electron chi connectivity index (χ1n) is 9.28. The molecule has 0 saturated carbocycles. The van der Waals surface area contributed by atoms with Gasteiger partial charge in [0.15, 0.2) is 0 Å². The lowest BCUT2D eigenvalue weighted by atomic mass is 10.1. The highest BCUT2D eigenvalue weighted by Crippen LogP contribution is 2.20. The Balaban J connectivity index is 1.34. The van der Waals surface area contributed by atoms with Crippen LogP contribution in [-0.2, 0) is 11.3 Å². The third kappa shape index (κ3) is 4.00. The van der Waals surface area contributed by atoms with Crippen LogP contribution in [0.2, 0.25) is 0 Å². The standard InChI is InChI=1S/C23H22N2O2/c26-22-12-18(16-25(22)15-17-6-2-1-3-7-17)14-24-23(27)21-11-10-19-8-4-5-9-20(19)13-21/h1-11,13,18H,12,14-16H2,(H,24,27)/t18-/m0/s1. The number of fused-ring (bicyclic) bond motifs is 1. The van der Waals surface area contributed by atoms with Gasteiger partial charge in [-0.1, -0.05) is 60.7 Å². The molecule has 0 aliphatic carbocycles. The normalized spacial score (nSPS) is 16.7. The fourth-order valence-corrected chi connectivity index (χ4v) is 3.62. The van der Waals surface area contributed by atoms with Gasteiger partial charge in [0.1, 0.15) is 0 Å². The van der Waals surface area contributed by atoms with Gasteiger partial charge < -0.3 is 10.2 Å². The summed E-state index contributed by atoms with van der Waals surface area (Å²) in [6, 6.07) is 23.7. The molecule has 3 aromatic rings. The van der Waals surface area contributed by atoms with Crippen molar-refractivity contribution in [1.29, 1.82) is 0 Å². The van der Waals surface area contributed by atoms with E-state index in [9.17, 15) is 9.59 Å². The molecule has 1 N–H and O–H groups in total. The minimum atomic E-state index is -0.0882. The number of benzene rings is 3. The molecule has 1 fully saturated rings. The molecule has 0 radical (unpaired) electrons. The van der Waals surface area contributed by atoms with Gasteiger partial charge in [-0.25, -0.2) is 0 Å². The van der Waals surface area contributed by atoms with Crippen molar-refractivity contribution in [1.82, 2.24) is 10.2 Å². The van der Waals surface area contributed by atoms with Gasteiger partial charge >= 0.3 is 0 Å². The molecule has 1 aliphatic rings. The fraction of sp³-hybridized carbons (Fsp3) is 0.217. The molecule has 1 atom stereocenters. The third-order valence-electron chi connectivity index (χ3n) is 5.07. The van der Waals surface area contributed by atoms with Crippen LogP contribution in [0.15, 0.2) is 72.8 Å². The number of carbonyl (C=O) groups is 2. The predicted octanol–water partition coefficient (Wildman–Crippen LogP) is 3.62. The van der Waals surface area contributed by atoms with E-state index >= 15 is 0 Å². The van der Waals surface area contributed by atoms with Gasteiger partial charge in [-0.05, 0) is 28.5 Å². The van der Waals surface area contributed by atoms with Crippen molar-refractivity contribution in [3.8, 4) is 0 Å². The second-order valence-corrected chi connectivity index (χ2v) is 7.10. The van der Waals surface area contributed by atoms with E-state index in [4.69, 9.17) is 0 Å². The minimum Gasteiger partial charge on any atom is -0.352 e. The number of hydrogen-bond donors (Lipinski definition) is 1. The van der Waals surface area contributed by atoms with Gasteiger partial charge in [0.25, 0.3) is 5.91 Å². The Morgan fingerprint density at radius 1 is 0.963 bits per heavy atom. The molecule has 4 heteroatoms. The number of nitrogens with zero attached hydrogens (tertiary/aromatic N) is 1. The Bertz CT molecular complexity index is 968. The van der Waals surface area contributed by atoms with Crippen LogP contribution in [0.4, 0.5) is 0 Å². The van der Waals surface area contributed by atoms with E-state index in [2.05, 4.69) is 5.32 Å². The highest BCUT2D eigenvalue weighted by molar-refractivity contribution is 5.98. The van der Waals surface area contributed by atoms with Crippen molar-refractivity contribution < 1.29 is 9.59 Å². The molecule has 0 unspecified atom stereocenters. The highest BCUT2D eigenvalue weighted by atomic mass is 16.2. The third-order valence-corrected chi connectivity index (χ3v) is 5.07. The van der Waals surface area contributed by atoms with Crippen molar-refractivity contribution in [2.75, 3.05) is 13.1 Å². The first-order chi connectivity index (χ1) is 13.2. The van der Waals surface area contributed by atoms with E-state index in [1.165, 1.54) is 0 Å². The summed E-state index contributed by atoms with van der Waals surface area (Å²) in [5, 5.41) is 5.16. The molecular weight excluding hydrogens is 336 g/mol. The molecule has 1 heterocycles. The van der Waals surface area contributed by atoms with Crippen molar-refractivity contribution in [3.05, 3.63) is 83.9 Å². The van der Waals surface area contributed by atoms with Crippen LogP contribution in [0.5, 0.6) is 0 Å². The van der Waals surface area contributed by atoms with E-state index in [-0.39, 0.29) is 17.7 Å². The lowest BCUT2D eigenvalue weighted by Crippen LogP contribution is -2.31. The van der Waals surface area contributed by atoms with Crippen molar-refractivity contribution in [3.63, 3.8) is 0 Å². The average molecular weight is 358 g/mol. The van der Waals surface area contributed by atoms with Crippen LogP contribution >= 0.6 is 0 Å². The van der Waals surface area contributed by atoms with Crippen molar-refractivity contribution >= 4 is 22.6 Å². The molecule has 3 aromatic carbocycles. The number of rotatable bonds is 5. The van der Waals surface area contributed by atoms with Crippen LogP contribution in [0.1, 0.15) is 22.3 Å². The summed E-state index contributed by atoms with van der Waals surface area (Å²) >= 11 is 0. The number of likely N-dealkylation sites (tertiary alicyclic amines) is 1. The number of nitrogens with one attached hydrogen (secondary N) is 1. The summed E-state index contributed by atoms with van der Waals surface area (Å²) < 4.78 is 0. The zero-order chi connectivity index (χ0) is 18.6. The van der Waals surface area contributed by atoms with E-state index in [1.807, 2.05) is 77.7 Å². The molecule has 136 valence electrons. The van der Waals surface area contributed by atoms with Crippen LogP contribution < -0.4 is 5.32 Å². The maximum Gasteiger partial charge on any atom is 0.251 e. The minimum absolute atomic E-state index is 0.0882. The molecule has 2 amide bonds. The molecular formula is C23H22N2O2. The monoisotopic (exact) mass is 358 g/mol. The second kappa shape index (κ2) is 7.62. The maximum absolute atomic E-state index is 12.5. The van der Waals surface area contributed by atoms with Gasteiger partial charge in [0.05, 0.1) is 0 Å². The van der Waals surface area contributed by atoms with Crippen LogP contribution in [-0.4, -0.2) is 29.8 Å². The number of hydrogen-bond acceptors (Lipinski definition) is 2. The molecule has 1 saturated heterocycles. The van der Waals surface area contributed by atoms with Gasteiger partial charge in [-0.3, -0.25) is 9.59 Å². The SMILES string of the molecule is O=C(NC[C@@H]1CC(=O)N(Cc2ccccc2)C1)c1ccc2ccccc2c1. The fourth-order valence-electron chi connectivity index (χ4n) is 3.62. The highest BCUT2D eigenvalue weighted by Gasteiger charge is 2.29. The largest absolute Gasteiger partial charge is 0.352 e. The summed E-state index contributed by atoms with van der Waals surface area (Å²) in [5.74, 6) is 0.226. The molecule has 4 rings (SSSR count). The predicted molar refractivity (Wildman–Crippen MR) is 106 cm³/mol. The number of amides is 2. The van der Waals surface area contributed by atoms with E-state index in [0.29, 0.717) is 31.6 Å². The van der Waals surface area contributed by atoms with Gasteiger partial charge in [0, 0.05) is 37.5 Å². The number of carbonyl (C=O) groups excluding carboxylic acids is 2. The zero-order valence-electron chi connectivity index (χ0n) is 15.1. The van der Waals surface area contributed by atoms with E-state index in [0.717, 1.165) is 16.3 Å². The average Bonchev–Trinajstić information content (AvgIpc) is 3.06. The van der Waals surface area contributed by atoms with E-state index in [1.54, 1.807) is 0 Å². The molecule has 4 nitrogen and oxygen atoms in total. The van der Waals surface area contributed by atoms with Crippen LogP contribution in [0.25, 0.3) is 10.8 Å². The van der Waals surface area contributed by atoms with Crippen molar-refractivity contribution in [2.45, 2.75) is 13.0 Å². The van der Waals surface area contributed by atoms with Crippen molar-refractivity contribution in [2.24, 2.45) is 5.92 Å². The Labute approximate surface area is 158 Å². The van der Waals surface area contributed by atoms with E-state index < -0.39 is 0 Å². The second-order valence-electron chi connectivity index (χ2n) is 7.10. The molecule has 0 spiro atoms. The molecule has 1 aliphatic heterocycles. The van der Waals surface area contributed by atoms with Gasteiger partial charge in [-0.2, -0.15) is 0 Å². The molecule has 0 aromatic heterocycles. The summed E-state index contributed by atoms with van der Waals surface area (Å²) in [4.78, 5) is 26.6. The van der Waals surface area contributed by atoms with Crippen LogP contribution in [0, 0.1) is 5.92 Å². The zero-order valence-corrected chi connectivity index (χ0v) is 15.1. The lowest BCUT2D eigenvalue weighted by molar-refractivity contribution is -0.128. The maximum atomic E-state index is 12.5. The Hall–Kier alpha value is -3.14. The summed E-state index contributed by atoms with van der Waals surface area (Å²) in [5.41, 5.74) is 1.78. The Kier molecular flexibility index (Phi) is 4.88. The molecule has 27 heavy (non-hydrogen) atoms. The van der Waals surface area contributed by atoms with Gasteiger partial charge in [0.2, 0.25) is 5.91 Å². The summed E-state index contributed by atoms with van der Waals surface area (Å²) in [7, 11) is 0. The first-order valence-corrected chi connectivity index (χ1v) is 9.28. The smallest absolute Gasteiger partial charge is 0.251 e. The summed E-state index contributed by atoms with van der Waals surface area (Å²) in [6.07, 6.45) is 0.491. The quantitative estimate of drug-likeness (QED) is 0.757. The first kappa shape index (κ1) is 17.3. The Morgan fingerprint density at radius 3 is 2.52 bits per heavy atom.